The molecular weight excluding hydrogens is 370 g/mol. The van der Waals surface area contributed by atoms with Crippen molar-refractivity contribution in [1.82, 2.24) is 15.1 Å². The van der Waals surface area contributed by atoms with Crippen molar-refractivity contribution in [3.05, 3.63) is 35.9 Å². The van der Waals surface area contributed by atoms with Gasteiger partial charge in [-0.3, -0.25) is 14.5 Å². The second kappa shape index (κ2) is 9.69. The molecule has 0 spiro atoms. The van der Waals surface area contributed by atoms with E-state index in [4.69, 9.17) is 9.47 Å². The third kappa shape index (κ3) is 5.15. The number of fused-ring (bicyclic) bond motifs is 2. The first kappa shape index (κ1) is 20.3. The number of nitrogens with one attached hydrogen (secondary N) is 1. The van der Waals surface area contributed by atoms with Crippen LogP contribution >= 0.6 is 0 Å². The van der Waals surface area contributed by atoms with E-state index < -0.39 is 0 Å². The zero-order valence-corrected chi connectivity index (χ0v) is 16.9. The average molecular weight is 402 g/mol. The number of carbonyl (C=O) groups excluding carboxylic acids is 2. The monoisotopic (exact) mass is 401 g/mol. The molecule has 3 heterocycles. The highest BCUT2D eigenvalue weighted by molar-refractivity contribution is 5.94. The van der Waals surface area contributed by atoms with Gasteiger partial charge in [0, 0.05) is 63.5 Å². The molecule has 0 aliphatic carbocycles. The maximum atomic E-state index is 13.0. The van der Waals surface area contributed by atoms with Crippen LogP contribution in [0.25, 0.3) is 0 Å². The van der Waals surface area contributed by atoms with Crippen LogP contribution in [0.2, 0.25) is 0 Å². The van der Waals surface area contributed by atoms with Crippen LogP contribution in [0.4, 0.5) is 0 Å². The van der Waals surface area contributed by atoms with Gasteiger partial charge in [0.25, 0.3) is 5.91 Å². The van der Waals surface area contributed by atoms with Crippen LogP contribution < -0.4 is 5.32 Å². The summed E-state index contributed by atoms with van der Waals surface area (Å²) in [5, 5.41) is 3.05. The topological polar surface area (TPSA) is 71.1 Å². The molecule has 1 unspecified atom stereocenters. The number of hydrogen-bond donors (Lipinski definition) is 1. The molecule has 3 aliphatic heterocycles. The Morgan fingerprint density at radius 3 is 2.69 bits per heavy atom. The zero-order chi connectivity index (χ0) is 20.1. The summed E-state index contributed by atoms with van der Waals surface area (Å²) in [4.78, 5) is 29.6. The summed E-state index contributed by atoms with van der Waals surface area (Å²) >= 11 is 0. The Labute approximate surface area is 172 Å². The van der Waals surface area contributed by atoms with Crippen molar-refractivity contribution in [2.45, 2.75) is 43.9 Å². The number of rotatable bonds is 7. The molecule has 2 bridgehead atoms. The quantitative estimate of drug-likeness (QED) is 0.746. The van der Waals surface area contributed by atoms with Crippen LogP contribution in [0.15, 0.2) is 30.3 Å². The van der Waals surface area contributed by atoms with E-state index in [1.165, 1.54) is 0 Å². The molecule has 2 amide bonds. The van der Waals surface area contributed by atoms with Crippen molar-refractivity contribution in [3.63, 3.8) is 0 Å². The number of benzene rings is 1. The minimum Gasteiger partial charge on any atom is -0.381 e. The van der Waals surface area contributed by atoms with Gasteiger partial charge in [-0.2, -0.15) is 0 Å². The molecule has 0 radical (unpaired) electrons. The lowest BCUT2D eigenvalue weighted by molar-refractivity contribution is -0.123. The Morgan fingerprint density at radius 1 is 1.10 bits per heavy atom. The highest BCUT2D eigenvalue weighted by Gasteiger charge is 2.40. The predicted octanol–water partition coefficient (Wildman–Crippen LogP) is 1.29. The standard InChI is InChI=1S/C22H31N3O4/c26-21(9-13-29-20-7-11-28-12-8-20)23-14-19-16-25(18-6-10-24(19)15-18)22(27)17-4-2-1-3-5-17/h1-5,18-20H,6-16H2,(H,23,26)/t18-,19+/m0/s1. The molecule has 1 N–H and O–H groups in total. The van der Waals surface area contributed by atoms with Gasteiger partial charge >= 0.3 is 0 Å². The summed E-state index contributed by atoms with van der Waals surface area (Å²) in [5.74, 6) is 0.109. The van der Waals surface area contributed by atoms with Crippen molar-refractivity contribution in [2.75, 3.05) is 46.0 Å². The van der Waals surface area contributed by atoms with Gasteiger partial charge in [0.05, 0.1) is 12.7 Å². The van der Waals surface area contributed by atoms with Crippen molar-refractivity contribution in [2.24, 2.45) is 0 Å². The fourth-order valence-corrected chi connectivity index (χ4v) is 4.52. The van der Waals surface area contributed by atoms with Crippen LogP contribution in [-0.2, 0) is 14.3 Å². The summed E-state index contributed by atoms with van der Waals surface area (Å²) in [5.41, 5.74) is 0.737. The SMILES string of the molecule is O=C(CCOC1CCOCC1)NC[C@@H]1CN(C(=O)c2ccccc2)[C@H]2CCN1C2. The molecule has 0 saturated carbocycles. The van der Waals surface area contributed by atoms with Crippen molar-refractivity contribution in [1.29, 1.82) is 0 Å². The molecule has 3 aliphatic rings. The van der Waals surface area contributed by atoms with Gasteiger partial charge in [-0.25, -0.2) is 0 Å². The number of carbonyl (C=O) groups is 2. The molecular formula is C22H31N3O4. The smallest absolute Gasteiger partial charge is 0.254 e. The third-order valence-corrected chi connectivity index (χ3v) is 6.23. The second-order valence-corrected chi connectivity index (χ2v) is 8.15. The highest BCUT2D eigenvalue weighted by atomic mass is 16.5. The van der Waals surface area contributed by atoms with Crippen LogP contribution in [-0.4, -0.2) is 85.8 Å². The molecule has 7 heteroatoms. The van der Waals surface area contributed by atoms with Gasteiger partial charge < -0.3 is 19.7 Å². The van der Waals surface area contributed by atoms with E-state index in [2.05, 4.69) is 10.2 Å². The Balaban J connectivity index is 1.24. The lowest BCUT2D eigenvalue weighted by Crippen LogP contribution is -2.57. The summed E-state index contributed by atoms with van der Waals surface area (Å²) in [6.45, 7) is 5.05. The van der Waals surface area contributed by atoms with Crippen molar-refractivity contribution >= 4 is 11.8 Å². The fraction of sp³-hybridized carbons (Fsp3) is 0.636. The molecule has 29 heavy (non-hydrogen) atoms. The average Bonchev–Trinajstić information content (AvgIpc) is 3.18. The van der Waals surface area contributed by atoms with Crippen LogP contribution in [0.1, 0.15) is 36.0 Å². The van der Waals surface area contributed by atoms with E-state index >= 15 is 0 Å². The van der Waals surface area contributed by atoms with Gasteiger partial charge in [-0.05, 0) is 31.4 Å². The zero-order valence-electron chi connectivity index (χ0n) is 16.9. The van der Waals surface area contributed by atoms with Crippen molar-refractivity contribution < 1.29 is 19.1 Å². The van der Waals surface area contributed by atoms with E-state index in [0.717, 1.165) is 51.1 Å². The molecule has 3 saturated heterocycles. The molecule has 3 fully saturated rings. The number of nitrogens with zero attached hydrogens (tertiary/aromatic N) is 2. The molecule has 1 aromatic carbocycles. The van der Waals surface area contributed by atoms with Gasteiger partial charge in [0.2, 0.25) is 5.91 Å². The number of amides is 2. The number of hydrogen-bond acceptors (Lipinski definition) is 5. The Morgan fingerprint density at radius 2 is 1.90 bits per heavy atom. The Kier molecular flexibility index (Phi) is 6.79. The molecule has 4 rings (SSSR count). The lowest BCUT2D eigenvalue weighted by Gasteiger charge is -2.40. The van der Waals surface area contributed by atoms with Gasteiger partial charge in [-0.1, -0.05) is 18.2 Å². The first-order valence-electron chi connectivity index (χ1n) is 10.8. The Bertz CT molecular complexity index is 693. The first-order chi connectivity index (χ1) is 14.2. The van der Waals surface area contributed by atoms with Gasteiger partial charge in [-0.15, -0.1) is 0 Å². The van der Waals surface area contributed by atoms with E-state index in [0.29, 0.717) is 26.1 Å². The summed E-state index contributed by atoms with van der Waals surface area (Å²) in [7, 11) is 0. The highest BCUT2D eigenvalue weighted by Crippen LogP contribution is 2.26. The summed E-state index contributed by atoms with van der Waals surface area (Å²) < 4.78 is 11.1. The molecule has 7 nitrogen and oxygen atoms in total. The summed E-state index contributed by atoms with van der Waals surface area (Å²) in [6.07, 6.45) is 3.41. The van der Waals surface area contributed by atoms with E-state index in [1.54, 1.807) is 0 Å². The second-order valence-electron chi connectivity index (χ2n) is 8.15. The maximum Gasteiger partial charge on any atom is 0.254 e. The maximum absolute atomic E-state index is 13.0. The van der Waals surface area contributed by atoms with E-state index in [1.807, 2.05) is 35.2 Å². The third-order valence-electron chi connectivity index (χ3n) is 6.23. The first-order valence-corrected chi connectivity index (χ1v) is 10.8. The van der Waals surface area contributed by atoms with Gasteiger partial charge in [0.1, 0.15) is 0 Å². The van der Waals surface area contributed by atoms with Gasteiger partial charge in [0.15, 0.2) is 0 Å². The van der Waals surface area contributed by atoms with Crippen molar-refractivity contribution in [3.8, 4) is 0 Å². The minimum absolute atomic E-state index is 0.0133. The molecule has 1 aromatic rings. The van der Waals surface area contributed by atoms with Crippen LogP contribution in [0.5, 0.6) is 0 Å². The fourth-order valence-electron chi connectivity index (χ4n) is 4.52. The van der Waals surface area contributed by atoms with E-state index in [-0.39, 0.29) is 30.0 Å². The largest absolute Gasteiger partial charge is 0.381 e. The summed E-state index contributed by atoms with van der Waals surface area (Å²) in [6, 6.07) is 9.92. The van der Waals surface area contributed by atoms with Crippen LogP contribution in [0.3, 0.4) is 0 Å². The minimum atomic E-state index is 0.0133. The lowest BCUT2D eigenvalue weighted by atomic mass is 10.1. The number of piperazine rings is 1. The predicted molar refractivity (Wildman–Crippen MR) is 109 cm³/mol. The number of ether oxygens (including phenoxy) is 2. The molecule has 158 valence electrons. The molecule has 0 aromatic heterocycles. The van der Waals surface area contributed by atoms with E-state index in [9.17, 15) is 9.59 Å². The normalized spacial score (nSPS) is 27.0. The Hall–Kier alpha value is -1.96. The molecule has 3 atom stereocenters. The van der Waals surface area contributed by atoms with Crippen LogP contribution in [0, 0.1) is 0 Å².